The van der Waals surface area contributed by atoms with E-state index in [1.54, 1.807) is 0 Å². The van der Waals surface area contributed by atoms with Crippen LogP contribution in [-0.4, -0.2) is 41.4 Å². The zero-order valence-electron chi connectivity index (χ0n) is 20.1. The Labute approximate surface area is 206 Å². The van der Waals surface area contributed by atoms with Crippen molar-refractivity contribution in [1.82, 2.24) is 9.80 Å². The van der Waals surface area contributed by atoms with Gasteiger partial charge in [0.15, 0.2) is 0 Å². The molecule has 1 unspecified atom stereocenters. The first kappa shape index (κ1) is 23.8. The van der Waals surface area contributed by atoms with Crippen molar-refractivity contribution in [2.45, 2.75) is 26.3 Å². The third-order valence-corrected chi connectivity index (χ3v) is 6.31. The van der Waals surface area contributed by atoms with Crippen molar-refractivity contribution in [2.24, 2.45) is 4.99 Å². The fraction of sp³-hybridized carbons (Fsp3) is 0.250. The molecule has 2 amide bonds. The van der Waals surface area contributed by atoms with Gasteiger partial charge in [0.1, 0.15) is 0 Å². The number of hydrogen-bond donors (Lipinski definition) is 2. The number of nitrogens with one attached hydrogen (secondary N) is 2. The lowest BCUT2D eigenvalue weighted by Gasteiger charge is -2.42. The summed E-state index contributed by atoms with van der Waals surface area (Å²) in [6.07, 6.45) is 2.77. The molecule has 0 aliphatic carbocycles. The molecular weight excluding hydrogens is 436 g/mol. The Morgan fingerprint density at radius 3 is 2.37 bits per heavy atom. The smallest absolute Gasteiger partial charge is 0.322 e. The largest absolute Gasteiger partial charge is 0.338 e. The summed E-state index contributed by atoms with van der Waals surface area (Å²) in [6.45, 7) is 5.63. The number of aliphatic imine (C=N–C) groups is 1. The van der Waals surface area contributed by atoms with Crippen molar-refractivity contribution >= 4 is 23.4 Å². The Bertz CT molecular complexity index is 1230. The molecule has 0 spiro atoms. The average molecular weight is 467 g/mol. The van der Waals surface area contributed by atoms with Crippen molar-refractivity contribution in [3.8, 4) is 6.19 Å². The number of rotatable bonds is 4. The first-order valence-electron chi connectivity index (χ1n) is 11.9. The Morgan fingerprint density at radius 2 is 1.66 bits per heavy atom. The summed E-state index contributed by atoms with van der Waals surface area (Å²) in [7, 11) is 0. The number of guanidine groups is 1. The number of aryl methyl sites for hydroxylation is 2. The van der Waals surface area contributed by atoms with Crippen LogP contribution in [0.5, 0.6) is 0 Å². The molecule has 0 aromatic heterocycles. The molecule has 7 heteroatoms. The average Bonchev–Trinajstić information content (AvgIpc) is 2.90. The van der Waals surface area contributed by atoms with E-state index in [4.69, 9.17) is 0 Å². The molecule has 35 heavy (non-hydrogen) atoms. The van der Waals surface area contributed by atoms with Crippen LogP contribution in [0.3, 0.4) is 0 Å². The lowest BCUT2D eigenvalue weighted by atomic mass is 10.0. The van der Waals surface area contributed by atoms with Crippen LogP contribution >= 0.6 is 0 Å². The lowest BCUT2D eigenvalue weighted by Crippen LogP contribution is -2.54. The van der Waals surface area contributed by atoms with Crippen LogP contribution in [0.4, 0.5) is 16.2 Å². The van der Waals surface area contributed by atoms with Crippen molar-refractivity contribution in [3.63, 3.8) is 0 Å². The first-order valence-corrected chi connectivity index (χ1v) is 11.9. The minimum absolute atomic E-state index is 0.134. The maximum absolute atomic E-state index is 13.5. The fourth-order valence-electron chi connectivity index (χ4n) is 4.38. The minimum Gasteiger partial charge on any atom is -0.338 e. The molecule has 1 aliphatic heterocycles. The van der Waals surface area contributed by atoms with Crippen LogP contribution < -0.4 is 10.6 Å². The molecule has 1 saturated heterocycles. The highest BCUT2D eigenvalue weighted by molar-refractivity contribution is 5.95. The van der Waals surface area contributed by atoms with Crippen molar-refractivity contribution < 1.29 is 4.79 Å². The Hall–Kier alpha value is -4.31. The third kappa shape index (κ3) is 5.61. The van der Waals surface area contributed by atoms with Crippen LogP contribution in [0.1, 0.15) is 29.7 Å². The van der Waals surface area contributed by atoms with Gasteiger partial charge in [-0.2, -0.15) is 5.26 Å². The molecule has 1 atom stereocenters. The molecule has 1 aliphatic rings. The highest BCUT2D eigenvalue weighted by Crippen LogP contribution is 2.28. The predicted molar refractivity (Wildman–Crippen MR) is 140 cm³/mol. The second kappa shape index (κ2) is 11.2. The molecule has 0 saturated carbocycles. The van der Waals surface area contributed by atoms with Crippen LogP contribution in [0.2, 0.25) is 0 Å². The van der Waals surface area contributed by atoms with Crippen LogP contribution in [0.15, 0.2) is 83.9 Å². The summed E-state index contributed by atoms with van der Waals surface area (Å²) in [5.41, 5.74) is 4.92. The zero-order chi connectivity index (χ0) is 24.6. The highest BCUT2D eigenvalue weighted by Gasteiger charge is 2.33. The number of carbonyl (C=O) groups excluding carboxylic acids is 1. The van der Waals surface area contributed by atoms with Crippen molar-refractivity contribution in [1.29, 1.82) is 5.26 Å². The molecule has 0 radical (unpaired) electrons. The van der Waals surface area contributed by atoms with E-state index in [1.807, 2.05) is 102 Å². The number of piperazine rings is 1. The Balaban J connectivity index is 1.59. The summed E-state index contributed by atoms with van der Waals surface area (Å²) in [5.74, 6) is 0.485. The molecule has 178 valence electrons. The number of benzene rings is 3. The standard InChI is InChI=1S/C28H30N6O/c1-3-22-12-8-10-16-25(22)32-28(35)34-18-17-33(19-26(34)23-13-5-4-6-14-23)27(30-20-29)31-24-15-9-7-11-21(24)2/h4-16,26H,3,17-19H2,1-2H3,(H,30,31)(H,32,35). The van der Waals surface area contributed by atoms with E-state index in [9.17, 15) is 10.1 Å². The SMILES string of the molecule is CCc1ccccc1NC(=O)N1CCN(/C(=N\C#N)Nc2ccccc2C)CC1c1ccccc1. The van der Waals surface area contributed by atoms with E-state index in [0.29, 0.717) is 25.6 Å². The molecule has 2 N–H and O–H groups in total. The van der Waals surface area contributed by atoms with Gasteiger partial charge in [0.2, 0.25) is 12.2 Å². The Morgan fingerprint density at radius 1 is 0.971 bits per heavy atom. The zero-order valence-corrected chi connectivity index (χ0v) is 20.1. The van der Waals surface area contributed by atoms with Gasteiger partial charge >= 0.3 is 6.03 Å². The lowest BCUT2D eigenvalue weighted by molar-refractivity contribution is 0.136. The second-order valence-electron chi connectivity index (χ2n) is 8.48. The summed E-state index contributed by atoms with van der Waals surface area (Å²) >= 11 is 0. The number of urea groups is 1. The highest BCUT2D eigenvalue weighted by atomic mass is 16.2. The molecule has 3 aromatic rings. The van der Waals surface area contributed by atoms with E-state index in [0.717, 1.165) is 34.5 Å². The van der Waals surface area contributed by atoms with Crippen molar-refractivity contribution in [3.05, 3.63) is 95.6 Å². The number of anilines is 2. The van der Waals surface area contributed by atoms with Crippen LogP contribution in [0, 0.1) is 18.4 Å². The minimum atomic E-state index is -0.207. The van der Waals surface area contributed by atoms with E-state index >= 15 is 0 Å². The van der Waals surface area contributed by atoms with Crippen LogP contribution in [-0.2, 0) is 6.42 Å². The monoisotopic (exact) mass is 466 g/mol. The summed E-state index contributed by atoms with van der Waals surface area (Å²) in [6, 6.07) is 25.4. The number of carbonyl (C=O) groups is 1. The third-order valence-electron chi connectivity index (χ3n) is 6.31. The normalized spacial score (nSPS) is 15.9. The molecule has 1 heterocycles. The van der Waals surface area contributed by atoms with Crippen molar-refractivity contribution in [2.75, 3.05) is 30.3 Å². The number of nitrogens with zero attached hydrogens (tertiary/aromatic N) is 4. The molecule has 0 bridgehead atoms. The molecule has 7 nitrogen and oxygen atoms in total. The van der Waals surface area contributed by atoms with Gasteiger partial charge in [0, 0.05) is 31.0 Å². The van der Waals surface area contributed by atoms with E-state index in [2.05, 4.69) is 22.5 Å². The van der Waals surface area contributed by atoms with Gasteiger partial charge < -0.3 is 20.4 Å². The van der Waals surface area contributed by atoms with E-state index < -0.39 is 0 Å². The number of hydrogen-bond acceptors (Lipinski definition) is 3. The van der Waals surface area contributed by atoms with Crippen LogP contribution in [0.25, 0.3) is 0 Å². The maximum atomic E-state index is 13.5. The topological polar surface area (TPSA) is 83.8 Å². The number of nitriles is 1. The van der Waals surface area contributed by atoms with Gasteiger partial charge in [-0.3, -0.25) is 0 Å². The fourth-order valence-corrected chi connectivity index (χ4v) is 4.38. The summed E-state index contributed by atoms with van der Waals surface area (Å²) in [5, 5.41) is 15.8. The number of amides is 2. The predicted octanol–water partition coefficient (Wildman–Crippen LogP) is 5.40. The maximum Gasteiger partial charge on any atom is 0.322 e. The Kier molecular flexibility index (Phi) is 7.63. The van der Waals surface area contributed by atoms with Gasteiger partial charge in [0.25, 0.3) is 0 Å². The van der Waals surface area contributed by atoms with Gasteiger partial charge in [-0.15, -0.1) is 4.99 Å². The second-order valence-corrected chi connectivity index (χ2v) is 8.48. The molecule has 4 rings (SSSR count). The summed E-state index contributed by atoms with van der Waals surface area (Å²) in [4.78, 5) is 21.5. The van der Waals surface area contributed by atoms with E-state index in [1.165, 1.54) is 0 Å². The molecule has 1 fully saturated rings. The number of para-hydroxylation sites is 2. The quantitative estimate of drug-likeness (QED) is 0.306. The molecular formula is C28H30N6O. The first-order chi connectivity index (χ1) is 17.1. The molecule has 3 aromatic carbocycles. The van der Waals surface area contributed by atoms with Gasteiger partial charge in [0.05, 0.1) is 6.04 Å². The summed E-state index contributed by atoms with van der Waals surface area (Å²) < 4.78 is 0. The van der Waals surface area contributed by atoms with Gasteiger partial charge in [-0.1, -0.05) is 73.7 Å². The van der Waals surface area contributed by atoms with E-state index in [-0.39, 0.29) is 12.1 Å². The van der Waals surface area contributed by atoms with Gasteiger partial charge in [-0.05, 0) is 42.2 Å². The van der Waals surface area contributed by atoms with Gasteiger partial charge in [-0.25, -0.2) is 4.79 Å².